The normalized spacial score (nSPS) is 11.3. The zero-order valence-corrected chi connectivity index (χ0v) is 13.2. The van der Waals surface area contributed by atoms with Crippen LogP contribution in [0.3, 0.4) is 0 Å². The van der Waals surface area contributed by atoms with Crippen molar-refractivity contribution in [3.8, 4) is 0 Å². The van der Waals surface area contributed by atoms with E-state index in [-0.39, 0.29) is 48.2 Å². The van der Waals surface area contributed by atoms with Crippen molar-refractivity contribution in [1.29, 1.82) is 0 Å². The molecule has 0 aliphatic carbocycles. The minimum absolute atomic E-state index is 0. The van der Waals surface area contributed by atoms with Crippen molar-refractivity contribution >= 4 is 0 Å². The highest BCUT2D eigenvalue weighted by Crippen LogP contribution is 2.14. The molecule has 0 spiro atoms. The quantitative estimate of drug-likeness (QED) is 0.329. The van der Waals surface area contributed by atoms with Gasteiger partial charge in [0, 0.05) is 12.8 Å². The van der Waals surface area contributed by atoms with Crippen LogP contribution >= 0.6 is 0 Å². The van der Waals surface area contributed by atoms with Crippen molar-refractivity contribution in [2.45, 2.75) is 39.5 Å². The van der Waals surface area contributed by atoms with Gasteiger partial charge in [-0.15, -0.1) is 0 Å². The van der Waals surface area contributed by atoms with Gasteiger partial charge in [-0.3, -0.25) is 0 Å². The fourth-order valence-corrected chi connectivity index (χ4v) is 1.62. The minimum Gasteiger partial charge on any atom is -1.00 e. The van der Waals surface area contributed by atoms with Crippen LogP contribution < -0.4 is 17.0 Å². The smallest absolute Gasteiger partial charge is 0.142 e. The van der Waals surface area contributed by atoms with Crippen molar-refractivity contribution in [2.75, 3.05) is 39.5 Å². The summed E-state index contributed by atoms with van der Waals surface area (Å²) < 4.78 is 0. The van der Waals surface area contributed by atoms with Gasteiger partial charge in [0.2, 0.25) is 0 Å². The van der Waals surface area contributed by atoms with Gasteiger partial charge >= 0.3 is 0 Å². The maximum absolute atomic E-state index is 8.87. The first-order valence-corrected chi connectivity index (χ1v) is 6.62. The molecule has 0 rings (SSSR count). The summed E-state index contributed by atoms with van der Waals surface area (Å²) in [5.74, 6) is 0. The molecule has 5 nitrogen and oxygen atoms in total. The lowest BCUT2D eigenvalue weighted by atomic mass is 10.3. The van der Waals surface area contributed by atoms with Crippen LogP contribution in [0.2, 0.25) is 0 Å². The fraction of sp³-hybridized carbons (Fsp3) is 1.00. The lowest BCUT2D eigenvalue weighted by Gasteiger charge is -2.32. The largest absolute Gasteiger partial charge is 1.00 e. The molecule has 2 N–H and O–H groups in total. The van der Waals surface area contributed by atoms with Gasteiger partial charge in [0.05, 0.1) is 13.2 Å². The molecule has 0 aromatic heterocycles. The summed E-state index contributed by atoms with van der Waals surface area (Å²) in [6.07, 6.45) is 4.13. The summed E-state index contributed by atoms with van der Waals surface area (Å²) in [6, 6.07) is 0. The molecule has 0 saturated carbocycles. The third-order valence-electron chi connectivity index (χ3n) is 2.54. The van der Waals surface area contributed by atoms with Gasteiger partial charge < -0.3 is 27.2 Å². The highest BCUT2D eigenvalue weighted by Gasteiger charge is 2.30. The predicted molar refractivity (Wildman–Crippen MR) is 65.9 cm³/mol. The van der Waals surface area contributed by atoms with E-state index in [9.17, 15) is 0 Å². The number of unbranched alkanes of at least 4 members (excludes halogenated alkanes) is 2. The number of hydrogen-bond donors (Lipinski definition) is 2. The van der Waals surface area contributed by atoms with E-state index in [0.717, 1.165) is 38.8 Å². The van der Waals surface area contributed by atoms with E-state index in [2.05, 4.69) is 13.8 Å². The number of quaternary nitrogens is 1. The molecule has 0 amide bonds. The number of hydrogen-bond acceptors (Lipinski definition) is 4. The van der Waals surface area contributed by atoms with Crippen molar-refractivity contribution in [2.24, 2.45) is 0 Å². The number of hydroxylamine groups is 4. The highest BCUT2D eigenvalue weighted by atomic mass is 79.9. The Hall–Kier alpha value is 0.280. The molecule has 6 heteroatoms. The maximum Gasteiger partial charge on any atom is 0.142 e. The topological polar surface area (TPSA) is 58.9 Å². The molecule has 0 aliphatic heterocycles. The first-order chi connectivity index (χ1) is 8.24. The molecule has 18 heavy (non-hydrogen) atoms. The second kappa shape index (κ2) is 13.7. The highest BCUT2D eigenvalue weighted by molar-refractivity contribution is 4.35. The molecular formula is C12H28BrNO4. The standard InChI is InChI=1S/C12H28NO4.BrH/c1-3-5-7-13(8-6-4-2,16-11-9-14)17-12-10-15;/h14-15H,3-12H2,1-2H3;1H/q+1;/p-1. The van der Waals surface area contributed by atoms with E-state index in [0.29, 0.717) is 0 Å². The first kappa shape index (κ1) is 20.6. The van der Waals surface area contributed by atoms with E-state index in [1.165, 1.54) is 0 Å². The summed E-state index contributed by atoms with van der Waals surface area (Å²) >= 11 is 0. The molecule has 0 heterocycles. The van der Waals surface area contributed by atoms with Crippen LogP contribution in [0.1, 0.15) is 39.5 Å². The zero-order chi connectivity index (χ0) is 13.0. The lowest BCUT2D eigenvalue weighted by Crippen LogP contribution is -3.00. The third kappa shape index (κ3) is 9.24. The number of rotatable bonds is 12. The van der Waals surface area contributed by atoms with Crippen LogP contribution in [-0.4, -0.2) is 54.5 Å². The van der Waals surface area contributed by atoms with E-state index >= 15 is 0 Å². The summed E-state index contributed by atoms with van der Waals surface area (Å²) in [4.78, 5) is 11.4. The molecule has 0 radical (unpaired) electrons. The van der Waals surface area contributed by atoms with Gasteiger partial charge in [0.25, 0.3) is 0 Å². The first-order valence-electron chi connectivity index (χ1n) is 6.62. The van der Waals surface area contributed by atoms with Crippen LogP contribution in [0.25, 0.3) is 0 Å². The fourth-order valence-electron chi connectivity index (χ4n) is 1.62. The monoisotopic (exact) mass is 329 g/mol. The Labute approximate surface area is 121 Å². The molecule has 0 bridgehead atoms. The van der Waals surface area contributed by atoms with Crippen molar-refractivity contribution in [3.63, 3.8) is 0 Å². The Bertz CT molecular complexity index is 135. The third-order valence-corrected chi connectivity index (χ3v) is 2.54. The maximum atomic E-state index is 8.87. The van der Waals surface area contributed by atoms with Gasteiger partial charge in [-0.1, -0.05) is 26.7 Å². The molecule has 0 atom stereocenters. The SMILES string of the molecule is CCCC[N+](CCCC)(OCCO)OCCO.[Br-]. The minimum atomic E-state index is -0.0132. The van der Waals surface area contributed by atoms with E-state index in [1.54, 1.807) is 0 Å². The van der Waals surface area contributed by atoms with Crippen molar-refractivity contribution < 1.29 is 41.7 Å². The molecule has 0 aliphatic rings. The molecule has 0 unspecified atom stereocenters. The molecule has 112 valence electrons. The van der Waals surface area contributed by atoms with Crippen LogP contribution in [0.4, 0.5) is 0 Å². The van der Waals surface area contributed by atoms with E-state index in [1.807, 2.05) is 0 Å². The summed E-state index contributed by atoms with van der Waals surface area (Å²) in [5, 5.41) is 17.7. The van der Waals surface area contributed by atoms with Gasteiger partial charge in [-0.25, -0.2) is 0 Å². The predicted octanol–water partition coefficient (Wildman–Crippen LogP) is -1.74. The Balaban J connectivity index is 0. The number of nitrogens with zero attached hydrogens (tertiary/aromatic N) is 1. The number of aliphatic hydroxyl groups excluding tert-OH is 2. The number of aliphatic hydroxyl groups is 2. The Morgan fingerprint density at radius 2 is 1.22 bits per heavy atom. The Kier molecular flexibility index (Phi) is 15.7. The van der Waals surface area contributed by atoms with Crippen LogP contribution in [0, 0.1) is 0 Å². The van der Waals surface area contributed by atoms with Crippen molar-refractivity contribution in [3.05, 3.63) is 0 Å². The second-order valence-electron chi connectivity index (χ2n) is 4.08. The molecule has 0 aromatic carbocycles. The summed E-state index contributed by atoms with van der Waals surface area (Å²) in [6.45, 7) is 6.26. The van der Waals surface area contributed by atoms with E-state index in [4.69, 9.17) is 19.9 Å². The van der Waals surface area contributed by atoms with Crippen LogP contribution in [-0.2, 0) is 9.68 Å². The van der Waals surface area contributed by atoms with E-state index < -0.39 is 0 Å². The van der Waals surface area contributed by atoms with Gasteiger partial charge in [0.15, 0.2) is 0 Å². The van der Waals surface area contributed by atoms with Gasteiger partial charge in [-0.05, 0) is 4.81 Å². The lowest BCUT2D eigenvalue weighted by molar-refractivity contribution is -1.25. The summed E-state index contributed by atoms with van der Waals surface area (Å²) in [5.41, 5.74) is 0. The zero-order valence-electron chi connectivity index (χ0n) is 11.6. The van der Waals surface area contributed by atoms with Crippen LogP contribution in [0.5, 0.6) is 0 Å². The second-order valence-corrected chi connectivity index (χ2v) is 4.08. The average molecular weight is 330 g/mol. The Morgan fingerprint density at radius 3 is 1.50 bits per heavy atom. The van der Waals surface area contributed by atoms with Gasteiger partial charge in [-0.2, -0.15) is 9.68 Å². The molecule has 0 aromatic rings. The average Bonchev–Trinajstić information content (AvgIpc) is 2.37. The molecular weight excluding hydrogens is 302 g/mol. The Morgan fingerprint density at radius 1 is 0.833 bits per heavy atom. The molecule has 0 saturated heterocycles. The van der Waals surface area contributed by atoms with Crippen LogP contribution in [0.15, 0.2) is 0 Å². The molecule has 0 fully saturated rings. The number of halogens is 1. The van der Waals surface area contributed by atoms with Crippen molar-refractivity contribution in [1.82, 2.24) is 0 Å². The van der Waals surface area contributed by atoms with Gasteiger partial charge in [0.1, 0.15) is 26.3 Å². The summed E-state index contributed by atoms with van der Waals surface area (Å²) in [7, 11) is 0.